The lowest BCUT2D eigenvalue weighted by molar-refractivity contribution is 0.0527. The lowest BCUT2D eigenvalue weighted by Gasteiger charge is -2.03. The smallest absolute Gasteiger partial charge is 0.338 e. The molecule has 1 aliphatic rings. The van der Waals surface area contributed by atoms with Crippen LogP contribution in [-0.4, -0.2) is 12.6 Å². The zero-order valence-electron chi connectivity index (χ0n) is 8.99. The van der Waals surface area contributed by atoms with Crippen LogP contribution in [0.3, 0.4) is 0 Å². The number of ether oxygens (including phenoxy) is 1. The van der Waals surface area contributed by atoms with Crippen molar-refractivity contribution >= 4 is 17.3 Å². The molecule has 1 fully saturated rings. The summed E-state index contributed by atoms with van der Waals surface area (Å²) in [6, 6.07) is 2.01. The van der Waals surface area contributed by atoms with Gasteiger partial charge in [-0.25, -0.2) is 4.79 Å². The number of hydrogen-bond donors (Lipinski definition) is 0. The summed E-state index contributed by atoms with van der Waals surface area (Å²) in [6.45, 7) is 2.29. The van der Waals surface area contributed by atoms with E-state index in [-0.39, 0.29) is 5.97 Å². The van der Waals surface area contributed by atoms with E-state index in [4.69, 9.17) is 4.74 Å². The molecule has 0 aliphatic heterocycles. The molecule has 3 heteroatoms. The fourth-order valence-electron chi connectivity index (χ4n) is 2.10. The van der Waals surface area contributed by atoms with E-state index in [1.54, 1.807) is 11.3 Å². The minimum absolute atomic E-state index is 0.182. The van der Waals surface area contributed by atoms with Crippen molar-refractivity contribution in [3.63, 3.8) is 0 Å². The predicted molar refractivity (Wildman–Crippen MR) is 61.5 cm³/mol. The van der Waals surface area contributed by atoms with Gasteiger partial charge in [0.05, 0.1) is 12.2 Å². The predicted octanol–water partition coefficient (Wildman–Crippen LogP) is 3.58. The highest BCUT2D eigenvalue weighted by atomic mass is 32.1. The quantitative estimate of drug-likeness (QED) is 0.733. The van der Waals surface area contributed by atoms with Crippen molar-refractivity contribution in [3.05, 3.63) is 21.9 Å². The number of carbonyl (C=O) groups excluding carboxylic acids is 1. The number of rotatable bonds is 3. The maximum atomic E-state index is 11.5. The zero-order chi connectivity index (χ0) is 10.7. The summed E-state index contributed by atoms with van der Waals surface area (Å²) in [4.78, 5) is 12.8. The molecule has 0 radical (unpaired) electrons. The van der Waals surface area contributed by atoms with E-state index in [0.717, 1.165) is 5.56 Å². The van der Waals surface area contributed by atoms with Crippen molar-refractivity contribution in [2.75, 3.05) is 6.61 Å². The molecule has 0 aromatic carbocycles. The standard InChI is InChI=1S/C12H16O2S/c1-2-14-12(13)10-7-11(15-8-10)9-5-3-4-6-9/h7-9H,2-6H2,1H3. The average Bonchev–Trinajstić information content (AvgIpc) is 2.89. The topological polar surface area (TPSA) is 26.3 Å². The van der Waals surface area contributed by atoms with Crippen LogP contribution in [0.1, 0.15) is 53.8 Å². The second-order valence-electron chi connectivity index (χ2n) is 3.94. The van der Waals surface area contributed by atoms with Crippen LogP contribution in [0.15, 0.2) is 11.4 Å². The summed E-state index contributed by atoms with van der Waals surface area (Å²) < 4.78 is 4.97. The number of esters is 1. The highest BCUT2D eigenvalue weighted by Gasteiger charge is 2.20. The Morgan fingerprint density at radius 2 is 2.27 bits per heavy atom. The van der Waals surface area contributed by atoms with Crippen LogP contribution in [0, 0.1) is 0 Å². The Morgan fingerprint density at radius 1 is 1.53 bits per heavy atom. The van der Waals surface area contributed by atoms with Gasteiger partial charge in [-0.2, -0.15) is 0 Å². The first-order chi connectivity index (χ1) is 7.31. The Balaban J connectivity index is 2.06. The highest BCUT2D eigenvalue weighted by Crippen LogP contribution is 2.37. The van der Waals surface area contributed by atoms with Gasteiger partial charge >= 0.3 is 5.97 Å². The molecule has 0 bridgehead atoms. The molecule has 1 aliphatic carbocycles. The Labute approximate surface area is 94.3 Å². The largest absolute Gasteiger partial charge is 0.462 e. The summed E-state index contributed by atoms with van der Waals surface area (Å²) in [7, 11) is 0. The molecule has 0 N–H and O–H groups in total. The van der Waals surface area contributed by atoms with Gasteiger partial charge in [0.1, 0.15) is 0 Å². The summed E-state index contributed by atoms with van der Waals surface area (Å²) in [5.41, 5.74) is 0.726. The number of thiophene rings is 1. The van der Waals surface area contributed by atoms with Crippen LogP contribution >= 0.6 is 11.3 Å². The van der Waals surface area contributed by atoms with E-state index in [0.29, 0.717) is 12.5 Å². The molecule has 2 nitrogen and oxygen atoms in total. The van der Waals surface area contributed by atoms with Gasteiger partial charge in [-0.05, 0) is 31.7 Å². The van der Waals surface area contributed by atoms with Crippen LogP contribution in [0.4, 0.5) is 0 Å². The van der Waals surface area contributed by atoms with Gasteiger partial charge in [0.2, 0.25) is 0 Å². The van der Waals surface area contributed by atoms with E-state index in [9.17, 15) is 4.79 Å². The molecule has 0 spiro atoms. The highest BCUT2D eigenvalue weighted by molar-refractivity contribution is 7.10. The normalized spacial score (nSPS) is 16.9. The Bertz CT molecular complexity index is 337. The van der Waals surface area contributed by atoms with E-state index < -0.39 is 0 Å². The van der Waals surface area contributed by atoms with Crippen molar-refractivity contribution in [3.8, 4) is 0 Å². The zero-order valence-corrected chi connectivity index (χ0v) is 9.81. The first kappa shape index (κ1) is 10.7. The van der Waals surface area contributed by atoms with Crippen molar-refractivity contribution in [1.29, 1.82) is 0 Å². The second kappa shape index (κ2) is 4.79. The monoisotopic (exact) mass is 224 g/mol. The number of carbonyl (C=O) groups is 1. The van der Waals surface area contributed by atoms with Crippen LogP contribution < -0.4 is 0 Å². The third-order valence-electron chi connectivity index (χ3n) is 2.89. The minimum Gasteiger partial charge on any atom is -0.462 e. The summed E-state index contributed by atoms with van der Waals surface area (Å²) in [5, 5.41) is 1.92. The molecule has 0 atom stereocenters. The molecular formula is C12H16O2S. The lowest BCUT2D eigenvalue weighted by Crippen LogP contribution is -2.02. The van der Waals surface area contributed by atoms with Crippen LogP contribution in [-0.2, 0) is 4.74 Å². The fourth-order valence-corrected chi connectivity index (χ4v) is 3.15. The van der Waals surface area contributed by atoms with Crippen molar-refractivity contribution < 1.29 is 9.53 Å². The Kier molecular flexibility index (Phi) is 3.41. The molecule has 82 valence electrons. The van der Waals surface area contributed by atoms with E-state index >= 15 is 0 Å². The Hall–Kier alpha value is -0.830. The van der Waals surface area contributed by atoms with E-state index in [1.807, 2.05) is 18.4 Å². The molecule has 1 aromatic rings. The summed E-state index contributed by atoms with van der Waals surface area (Å²) >= 11 is 1.70. The molecule has 0 amide bonds. The average molecular weight is 224 g/mol. The molecule has 2 rings (SSSR count). The third kappa shape index (κ3) is 2.40. The van der Waals surface area contributed by atoms with Crippen LogP contribution in [0.2, 0.25) is 0 Å². The van der Waals surface area contributed by atoms with Crippen molar-refractivity contribution in [1.82, 2.24) is 0 Å². The SMILES string of the molecule is CCOC(=O)c1csc(C2CCCC2)c1. The van der Waals surface area contributed by atoms with E-state index in [2.05, 4.69) is 0 Å². The first-order valence-corrected chi connectivity index (χ1v) is 6.44. The van der Waals surface area contributed by atoms with Crippen molar-refractivity contribution in [2.24, 2.45) is 0 Å². The van der Waals surface area contributed by atoms with Gasteiger partial charge in [0.25, 0.3) is 0 Å². The second-order valence-corrected chi connectivity index (χ2v) is 4.88. The minimum atomic E-state index is -0.182. The van der Waals surface area contributed by atoms with Gasteiger partial charge < -0.3 is 4.74 Å². The Morgan fingerprint density at radius 3 is 2.93 bits per heavy atom. The molecular weight excluding hydrogens is 208 g/mol. The maximum Gasteiger partial charge on any atom is 0.338 e. The maximum absolute atomic E-state index is 11.5. The third-order valence-corrected chi connectivity index (χ3v) is 3.98. The van der Waals surface area contributed by atoms with Gasteiger partial charge in [0.15, 0.2) is 0 Å². The molecule has 0 saturated heterocycles. The molecule has 1 aromatic heterocycles. The molecule has 15 heavy (non-hydrogen) atoms. The van der Waals surface area contributed by atoms with Gasteiger partial charge in [-0.1, -0.05) is 12.8 Å². The fraction of sp³-hybridized carbons (Fsp3) is 0.583. The van der Waals surface area contributed by atoms with Gasteiger partial charge in [-0.3, -0.25) is 0 Å². The van der Waals surface area contributed by atoms with E-state index in [1.165, 1.54) is 30.6 Å². The molecule has 1 heterocycles. The van der Waals surface area contributed by atoms with Crippen molar-refractivity contribution in [2.45, 2.75) is 38.5 Å². The molecule has 1 saturated carbocycles. The van der Waals surface area contributed by atoms with Gasteiger partial charge in [-0.15, -0.1) is 11.3 Å². The summed E-state index contributed by atoms with van der Waals surface area (Å²) in [6.07, 6.45) is 5.22. The van der Waals surface area contributed by atoms with Crippen LogP contribution in [0.25, 0.3) is 0 Å². The summed E-state index contributed by atoms with van der Waals surface area (Å²) in [5.74, 6) is 0.510. The lowest BCUT2D eigenvalue weighted by atomic mass is 10.1. The molecule has 0 unspecified atom stereocenters. The van der Waals surface area contributed by atoms with Gasteiger partial charge in [0, 0.05) is 10.3 Å². The number of hydrogen-bond acceptors (Lipinski definition) is 3. The first-order valence-electron chi connectivity index (χ1n) is 5.57. The van der Waals surface area contributed by atoms with Crippen LogP contribution in [0.5, 0.6) is 0 Å².